The van der Waals surface area contributed by atoms with E-state index in [1.165, 1.54) is 9.75 Å². The van der Waals surface area contributed by atoms with Crippen LogP contribution in [0.2, 0.25) is 0 Å². The predicted molar refractivity (Wildman–Crippen MR) is 69.3 cm³/mol. The Hall–Kier alpha value is -0.870. The highest BCUT2D eigenvalue weighted by atomic mass is 32.1. The second-order valence-electron chi connectivity index (χ2n) is 4.49. The highest BCUT2D eigenvalue weighted by molar-refractivity contribution is 7.12. The second-order valence-corrected chi connectivity index (χ2v) is 5.96. The molecule has 0 bridgehead atoms. The zero-order valence-electron chi connectivity index (χ0n) is 10.6. The minimum atomic E-state index is -0.285. The van der Waals surface area contributed by atoms with Gasteiger partial charge in [-0.15, -0.1) is 11.3 Å². The van der Waals surface area contributed by atoms with Gasteiger partial charge in [0.05, 0.1) is 6.61 Å². The third-order valence-corrected chi connectivity index (χ3v) is 3.87. The maximum Gasteiger partial charge on any atom is 0.327 e. The van der Waals surface area contributed by atoms with Gasteiger partial charge in [-0.1, -0.05) is 0 Å². The normalized spacial score (nSPS) is 16.9. The quantitative estimate of drug-likeness (QED) is 0.820. The van der Waals surface area contributed by atoms with Crippen molar-refractivity contribution in [1.82, 2.24) is 5.32 Å². The zero-order valence-corrected chi connectivity index (χ0v) is 11.4. The molecule has 0 amide bonds. The van der Waals surface area contributed by atoms with Crippen LogP contribution in [0.1, 0.15) is 41.1 Å². The fourth-order valence-corrected chi connectivity index (χ4v) is 2.90. The van der Waals surface area contributed by atoms with Crippen LogP contribution >= 0.6 is 11.3 Å². The molecule has 1 saturated carbocycles. The maximum absolute atomic E-state index is 12.0. The van der Waals surface area contributed by atoms with Crippen LogP contribution in [0.15, 0.2) is 6.07 Å². The summed E-state index contributed by atoms with van der Waals surface area (Å²) >= 11 is 1.73. The fourth-order valence-electron chi connectivity index (χ4n) is 1.93. The summed E-state index contributed by atoms with van der Waals surface area (Å²) in [5, 5.41) is 3.38. The number of rotatable bonds is 5. The molecule has 4 heteroatoms. The molecular weight excluding hydrogens is 234 g/mol. The molecule has 1 aromatic heterocycles. The average molecular weight is 253 g/mol. The molecule has 1 fully saturated rings. The number of thiophene rings is 1. The number of hydrogen-bond donors (Lipinski definition) is 1. The molecule has 94 valence electrons. The first-order chi connectivity index (χ1) is 8.11. The SMILES string of the molecule is CCOC(=O)C(NC1CC1)c1cc(C)sc1C. The highest BCUT2D eigenvalue weighted by Gasteiger charge is 2.31. The molecule has 1 aliphatic rings. The lowest BCUT2D eigenvalue weighted by atomic mass is 10.1. The molecule has 1 heterocycles. The number of ether oxygens (including phenoxy) is 1. The first-order valence-corrected chi connectivity index (χ1v) is 6.93. The van der Waals surface area contributed by atoms with E-state index >= 15 is 0 Å². The Morgan fingerprint density at radius 1 is 1.59 bits per heavy atom. The van der Waals surface area contributed by atoms with Crippen molar-refractivity contribution in [2.24, 2.45) is 0 Å². The molecule has 0 spiro atoms. The van der Waals surface area contributed by atoms with E-state index in [0.717, 1.165) is 18.4 Å². The maximum atomic E-state index is 12.0. The van der Waals surface area contributed by atoms with Crippen molar-refractivity contribution in [3.63, 3.8) is 0 Å². The number of esters is 1. The number of aryl methyl sites for hydroxylation is 2. The lowest BCUT2D eigenvalue weighted by Gasteiger charge is -2.17. The Morgan fingerprint density at radius 2 is 2.29 bits per heavy atom. The van der Waals surface area contributed by atoms with E-state index < -0.39 is 0 Å². The van der Waals surface area contributed by atoms with Gasteiger partial charge in [0.1, 0.15) is 6.04 Å². The summed E-state index contributed by atoms with van der Waals surface area (Å²) in [6.07, 6.45) is 2.33. The summed E-state index contributed by atoms with van der Waals surface area (Å²) in [6, 6.07) is 2.30. The Labute approximate surface area is 106 Å². The number of carbonyl (C=O) groups is 1. The van der Waals surface area contributed by atoms with Crippen LogP contribution in [0.5, 0.6) is 0 Å². The van der Waals surface area contributed by atoms with Crippen LogP contribution in [0, 0.1) is 13.8 Å². The van der Waals surface area contributed by atoms with Crippen molar-refractivity contribution < 1.29 is 9.53 Å². The molecule has 1 N–H and O–H groups in total. The Morgan fingerprint density at radius 3 is 2.76 bits per heavy atom. The third-order valence-electron chi connectivity index (χ3n) is 2.89. The smallest absolute Gasteiger partial charge is 0.327 e. The molecule has 0 saturated heterocycles. The summed E-state index contributed by atoms with van der Waals surface area (Å²) in [5.41, 5.74) is 1.08. The van der Waals surface area contributed by atoms with Gasteiger partial charge >= 0.3 is 5.97 Å². The average Bonchev–Trinajstić information content (AvgIpc) is 3.01. The van der Waals surface area contributed by atoms with E-state index in [1.54, 1.807) is 11.3 Å². The summed E-state index contributed by atoms with van der Waals surface area (Å²) in [7, 11) is 0. The zero-order chi connectivity index (χ0) is 12.4. The molecule has 1 unspecified atom stereocenters. The van der Waals surface area contributed by atoms with Crippen molar-refractivity contribution in [2.45, 2.75) is 45.7 Å². The van der Waals surface area contributed by atoms with Crippen LogP contribution in [-0.2, 0) is 9.53 Å². The largest absolute Gasteiger partial charge is 0.465 e. The van der Waals surface area contributed by atoms with Crippen LogP contribution in [0.3, 0.4) is 0 Å². The number of hydrogen-bond acceptors (Lipinski definition) is 4. The second kappa shape index (κ2) is 5.19. The molecule has 3 nitrogen and oxygen atoms in total. The van der Waals surface area contributed by atoms with E-state index in [-0.39, 0.29) is 12.0 Å². The molecule has 2 rings (SSSR count). The Balaban J connectivity index is 2.18. The van der Waals surface area contributed by atoms with Gasteiger partial charge in [0.15, 0.2) is 0 Å². The molecule has 1 aromatic rings. The first-order valence-electron chi connectivity index (χ1n) is 6.11. The van der Waals surface area contributed by atoms with Crippen molar-refractivity contribution in [3.05, 3.63) is 21.4 Å². The highest BCUT2D eigenvalue weighted by Crippen LogP contribution is 2.30. The van der Waals surface area contributed by atoms with Gasteiger partial charge in [-0.25, -0.2) is 4.79 Å². The molecule has 1 aliphatic carbocycles. The predicted octanol–water partition coefficient (Wildman–Crippen LogP) is 2.72. The van der Waals surface area contributed by atoms with Gasteiger partial charge in [-0.3, -0.25) is 5.32 Å². The standard InChI is InChI=1S/C13H19NO2S/c1-4-16-13(15)12(14-10-5-6-10)11-7-8(2)17-9(11)3/h7,10,12,14H,4-6H2,1-3H3. The van der Waals surface area contributed by atoms with Gasteiger partial charge in [-0.2, -0.15) is 0 Å². The molecule has 0 aliphatic heterocycles. The van der Waals surface area contributed by atoms with Crippen LogP contribution in [0.4, 0.5) is 0 Å². The summed E-state index contributed by atoms with van der Waals surface area (Å²) in [5.74, 6) is -0.152. The van der Waals surface area contributed by atoms with E-state index in [1.807, 2.05) is 6.92 Å². The lowest BCUT2D eigenvalue weighted by Crippen LogP contribution is -2.31. The summed E-state index contributed by atoms with van der Waals surface area (Å²) in [4.78, 5) is 14.4. The van der Waals surface area contributed by atoms with E-state index in [2.05, 4.69) is 25.2 Å². The number of nitrogens with one attached hydrogen (secondary N) is 1. The van der Waals surface area contributed by atoms with Gasteiger partial charge in [0.2, 0.25) is 0 Å². The van der Waals surface area contributed by atoms with Crippen LogP contribution in [-0.4, -0.2) is 18.6 Å². The van der Waals surface area contributed by atoms with Gasteiger partial charge in [0.25, 0.3) is 0 Å². The monoisotopic (exact) mass is 253 g/mol. The van der Waals surface area contributed by atoms with E-state index in [0.29, 0.717) is 12.6 Å². The fraction of sp³-hybridized carbons (Fsp3) is 0.615. The van der Waals surface area contributed by atoms with Crippen molar-refractivity contribution in [2.75, 3.05) is 6.61 Å². The lowest BCUT2D eigenvalue weighted by molar-refractivity contribution is -0.145. The summed E-state index contributed by atoms with van der Waals surface area (Å²) in [6.45, 7) is 6.41. The third kappa shape index (κ3) is 3.07. The molecule has 1 atom stereocenters. The van der Waals surface area contributed by atoms with Crippen LogP contribution < -0.4 is 5.32 Å². The first kappa shape index (κ1) is 12.6. The Kier molecular flexibility index (Phi) is 3.84. The summed E-state index contributed by atoms with van der Waals surface area (Å²) < 4.78 is 5.15. The van der Waals surface area contributed by atoms with Crippen molar-refractivity contribution >= 4 is 17.3 Å². The van der Waals surface area contributed by atoms with E-state index in [4.69, 9.17) is 4.74 Å². The van der Waals surface area contributed by atoms with Gasteiger partial charge < -0.3 is 4.74 Å². The minimum absolute atomic E-state index is 0.152. The van der Waals surface area contributed by atoms with Crippen LogP contribution in [0.25, 0.3) is 0 Å². The topological polar surface area (TPSA) is 38.3 Å². The molecule has 0 aromatic carbocycles. The van der Waals surface area contributed by atoms with Crippen molar-refractivity contribution in [1.29, 1.82) is 0 Å². The molecular formula is C13H19NO2S. The number of carbonyl (C=O) groups excluding carboxylic acids is 1. The Bertz CT molecular complexity index is 410. The van der Waals surface area contributed by atoms with Crippen molar-refractivity contribution in [3.8, 4) is 0 Å². The van der Waals surface area contributed by atoms with E-state index in [9.17, 15) is 4.79 Å². The minimum Gasteiger partial charge on any atom is -0.465 e. The van der Waals surface area contributed by atoms with Gasteiger partial charge in [0, 0.05) is 15.8 Å². The van der Waals surface area contributed by atoms with Gasteiger partial charge in [-0.05, 0) is 45.2 Å². The molecule has 17 heavy (non-hydrogen) atoms. The molecule has 0 radical (unpaired) electrons.